The summed E-state index contributed by atoms with van der Waals surface area (Å²) in [6, 6.07) is 16.4. The van der Waals surface area contributed by atoms with Gasteiger partial charge in [-0.25, -0.2) is 0 Å². The number of nitrogens with zero attached hydrogens (tertiary/aromatic N) is 1. The topological polar surface area (TPSA) is 32.3 Å². The first kappa shape index (κ1) is 21.1. The van der Waals surface area contributed by atoms with Gasteiger partial charge in [-0.15, -0.1) is 11.8 Å². The SMILES string of the molecule is C[C@H]1CCCN(c2ccc([C@@H](C)NC(=O)CCSc3ccc(Cl)cc3)cc2)C1. The van der Waals surface area contributed by atoms with E-state index >= 15 is 0 Å². The number of amides is 1. The third kappa shape index (κ3) is 6.18. The number of thioether (sulfide) groups is 1. The number of nitrogens with one attached hydrogen (secondary N) is 1. The van der Waals surface area contributed by atoms with Crippen LogP contribution >= 0.6 is 23.4 Å². The Morgan fingerprint density at radius 3 is 2.61 bits per heavy atom. The molecule has 0 spiro atoms. The lowest BCUT2D eigenvalue weighted by Crippen LogP contribution is -2.34. The Balaban J connectivity index is 1.45. The number of hydrogen-bond acceptors (Lipinski definition) is 3. The Labute approximate surface area is 177 Å². The van der Waals surface area contributed by atoms with Crippen LogP contribution in [0.3, 0.4) is 0 Å². The maximum absolute atomic E-state index is 12.3. The van der Waals surface area contributed by atoms with Crippen molar-refractivity contribution in [1.82, 2.24) is 5.32 Å². The summed E-state index contributed by atoms with van der Waals surface area (Å²) in [5.41, 5.74) is 2.43. The Morgan fingerprint density at radius 2 is 1.93 bits per heavy atom. The molecule has 0 bridgehead atoms. The number of benzene rings is 2. The van der Waals surface area contributed by atoms with Crippen molar-refractivity contribution in [3.8, 4) is 0 Å². The summed E-state index contributed by atoms with van der Waals surface area (Å²) in [6.45, 7) is 6.64. The molecule has 28 heavy (non-hydrogen) atoms. The molecule has 0 unspecified atom stereocenters. The molecule has 2 atom stereocenters. The van der Waals surface area contributed by atoms with Crippen molar-refractivity contribution in [3.63, 3.8) is 0 Å². The summed E-state index contributed by atoms with van der Waals surface area (Å²) in [4.78, 5) is 15.9. The van der Waals surface area contributed by atoms with Crippen LogP contribution in [-0.2, 0) is 4.79 Å². The van der Waals surface area contributed by atoms with Gasteiger partial charge in [-0.3, -0.25) is 4.79 Å². The van der Waals surface area contributed by atoms with Crippen LogP contribution in [0.1, 0.15) is 44.7 Å². The van der Waals surface area contributed by atoms with Gasteiger partial charge < -0.3 is 10.2 Å². The Morgan fingerprint density at radius 1 is 1.21 bits per heavy atom. The Hall–Kier alpha value is -1.65. The zero-order valence-corrected chi connectivity index (χ0v) is 18.2. The van der Waals surface area contributed by atoms with E-state index in [9.17, 15) is 4.79 Å². The van der Waals surface area contributed by atoms with Crippen molar-refractivity contribution in [2.75, 3.05) is 23.7 Å². The standard InChI is InChI=1S/C23H29ClN2OS/c1-17-4-3-14-26(16-17)21-9-5-19(6-10-21)18(2)25-23(27)13-15-28-22-11-7-20(24)8-12-22/h5-12,17-18H,3-4,13-16H2,1-2H3,(H,25,27)/t17-,18+/m0/s1. The molecule has 2 aromatic rings. The highest BCUT2D eigenvalue weighted by Crippen LogP contribution is 2.25. The molecule has 0 aliphatic carbocycles. The van der Waals surface area contributed by atoms with Crippen molar-refractivity contribution < 1.29 is 4.79 Å². The van der Waals surface area contributed by atoms with Gasteiger partial charge in [0.2, 0.25) is 5.91 Å². The van der Waals surface area contributed by atoms with Crippen LogP contribution in [0.15, 0.2) is 53.4 Å². The number of rotatable bonds is 7. The van der Waals surface area contributed by atoms with Crippen LogP contribution in [-0.4, -0.2) is 24.7 Å². The van der Waals surface area contributed by atoms with Gasteiger partial charge in [0.1, 0.15) is 0 Å². The predicted molar refractivity (Wildman–Crippen MR) is 120 cm³/mol. The van der Waals surface area contributed by atoms with Crippen LogP contribution in [0.4, 0.5) is 5.69 Å². The van der Waals surface area contributed by atoms with Gasteiger partial charge >= 0.3 is 0 Å². The molecule has 1 saturated heterocycles. The van der Waals surface area contributed by atoms with E-state index in [2.05, 4.69) is 41.4 Å². The number of hydrogen-bond donors (Lipinski definition) is 1. The average Bonchev–Trinajstić information content (AvgIpc) is 2.69. The number of carbonyl (C=O) groups is 1. The first-order valence-corrected chi connectivity index (χ1v) is 11.4. The highest BCUT2D eigenvalue weighted by molar-refractivity contribution is 7.99. The van der Waals surface area contributed by atoms with E-state index in [1.165, 1.54) is 18.5 Å². The van der Waals surface area contributed by atoms with E-state index in [0.717, 1.165) is 40.2 Å². The maximum atomic E-state index is 12.3. The minimum absolute atomic E-state index is 0.0161. The normalized spacial score (nSPS) is 18.0. The van der Waals surface area contributed by atoms with Gasteiger partial charge in [0.25, 0.3) is 0 Å². The summed E-state index contributed by atoms with van der Waals surface area (Å²) in [5, 5.41) is 3.84. The third-order valence-corrected chi connectivity index (χ3v) is 6.47. The average molecular weight is 417 g/mol. The smallest absolute Gasteiger partial charge is 0.221 e. The molecule has 0 radical (unpaired) electrons. The number of halogens is 1. The number of piperidine rings is 1. The molecule has 0 aromatic heterocycles. The van der Waals surface area contributed by atoms with Crippen LogP contribution < -0.4 is 10.2 Å². The van der Waals surface area contributed by atoms with E-state index in [1.807, 2.05) is 31.2 Å². The summed E-state index contributed by atoms with van der Waals surface area (Å²) in [5.74, 6) is 1.60. The second-order valence-electron chi connectivity index (χ2n) is 7.63. The number of carbonyl (C=O) groups excluding carboxylic acids is 1. The highest BCUT2D eigenvalue weighted by atomic mass is 35.5. The molecule has 1 aliphatic rings. The van der Waals surface area contributed by atoms with Crippen molar-refractivity contribution in [3.05, 3.63) is 59.1 Å². The fourth-order valence-electron chi connectivity index (χ4n) is 3.59. The summed E-state index contributed by atoms with van der Waals surface area (Å²) >= 11 is 7.57. The van der Waals surface area contributed by atoms with Gasteiger partial charge in [-0.05, 0) is 67.6 Å². The minimum Gasteiger partial charge on any atom is -0.371 e. The summed E-state index contributed by atoms with van der Waals surface area (Å²) in [6.07, 6.45) is 3.10. The fourth-order valence-corrected chi connectivity index (χ4v) is 4.56. The van der Waals surface area contributed by atoms with E-state index < -0.39 is 0 Å². The van der Waals surface area contributed by atoms with Gasteiger partial charge in [0, 0.05) is 40.9 Å². The van der Waals surface area contributed by atoms with Gasteiger partial charge in [0.05, 0.1) is 6.04 Å². The Kier molecular flexibility index (Phi) is 7.69. The lowest BCUT2D eigenvalue weighted by Gasteiger charge is -2.33. The van der Waals surface area contributed by atoms with E-state index in [1.54, 1.807) is 11.8 Å². The molecule has 1 heterocycles. The molecule has 1 fully saturated rings. The molecule has 2 aromatic carbocycles. The minimum atomic E-state index is 0.0161. The fraction of sp³-hybridized carbons (Fsp3) is 0.435. The summed E-state index contributed by atoms with van der Waals surface area (Å²) in [7, 11) is 0. The zero-order chi connectivity index (χ0) is 19.9. The van der Waals surface area contributed by atoms with E-state index in [4.69, 9.17) is 11.6 Å². The zero-order valence-electron chi connectivity index (χ0n) is 16.7. The van der Waals surface area contributed by atoms with Gasteiger partial charge in [-0.2, -0.15) is 0 Å². The molecule has 1 N–H and O–H groups in total. The highest BCUT2D eigenvalue weighted by Gasteiger charge is 2.17. The van der Waals surface area contributed by atoms with Crippen LogP contribution in [0.5, 0.6) is 0 Å². The Bertz CT molecular complexity index is 763. The maximum Gasteiger partial charge on any atom is 0.221 e. The molecule has 1 aliphatic heterocycles. The van der Waals surface area contributed by atoms with E-state index in [-0.39, 0.29) is 11.9 Å². The van der Waals surface area contributed by atoms with Crippen molar-refractivity contribution in [2.45, 2.75) is 44.0 Å². The molecule has 150 valence electrons. The van der Waals surface area contributed by atoms with Crippen LogP contribution in [0.25, 0.3) is 0 Å². The third-order valence-electron chi connectivity index (χ3n) is 5.20. The van der Waals surface area contributed by atoms with Gasteiger partial charge in [0.15, 0.2) is 0 Å². The van der Waals surface area contributed by atoms with E-state index in [0.29, 0.717) is 6.42 Å². The monoisotopic (exact) mass is 416 g/mol. The largest absolute Gasteiger partial charge is 0.371 e. The lowest BCUT2D eigenvalue weighted by atomic mass is 9.99. The first-order chi connectivity index (χ1) is 13.5. The van der Waals surface area contributed by atoms with Crippen LogP contribution in [0.2, 0.25) is 5.02 Å². The summed E-state index contributed by atoms with van der Waals surface area (Å²) < 4.78 is 0. The molecule has 0 saturated carbocycles. The van der Waals surface area contributed by atoms with Crippen molar-refractivity contribution in [1.29, 1.82) is 0 Å². The van der Waals surface area contributed by atoms with Crippen LogP contribution in [0, 0.1) is 5.92 Å². The van der Waals surface area contributed by atoms with Crippen molar-refractivity contribution >= 4 is 35.0 Å². The molecular weight excluding hydrogens is 388 g/mol. The number of anilines is 1. The lowest BCUT2D eigenvalue weighted by molar-refractivity contribution is -0.121. The predicted octanol–water partition coefficient (Wildman–Crippen LogP) is 5.94. The molecular formula is C23H29ClN2OS. The second-order valence-corrected chi connectivity index (χ2v) is 9.23. The quantitative estimate of drug-likeness (QED) is 0.567. The van der Waals surface area contributed by atoms with Crippen molar-refractivity contribution in [2.24, 2.45) is 5.92 Å². The molecule has 3 rings (SSSR count). The molecule has 5 heteroatoms. The molecule has 3 nitrogen and oxygen atoms in total. The van der Waals surface area contributed by atoms with Gasteiger partial charge in [-0.1, -0.05) is 30.7 Å². The second kappa shape index (κ2) is 10.2. The molecule has 1 amide bonds. The first-order valence-electron chi connectivity index (χ1n) is 10.0.